The van der Waals surface area contributed by atoms with Gasteiger partial charge in [0.05, 0.1) is 13.2 Å². The lowest BCUT2D eigenvalue weighted by molar-refractivity contribution is -0.166. The highest BCUT2D eigenvalue weighted by atomic mass is 16.6. The molecule has 0 aromatic rings. The Morgan fingerprint density at radius 2 is 1.72 bits per heavy atom. The maximum absolute atomic E-state index is 12.1. The Morgan fingerprint density at radius 1 is 1.12 bits per heavy atom. The molecule has 2 aliphatic heterocycles. The van der Waals surface area contributed by atoms with E-state index in [-0.39, 0.29) is 44.2 Å². The minimum atomic E-state index is -1.05. The molecular weight excluding hydrogens is 332 g/mol. The fourth-order valence-electron chi connectivity index (χ4n) is 1.85. The molecule has 0 saturated carbocycles. The second-order valence-electron chi connectivity index (χ2n) is 5.98. The van der Waals surface area contributed by atoms with E-state index in [2.05, 4.69) is 0 Å². The molecule has 3 atom stereocenters. The summed E-state index contributed by atoms with van der Waals surface area (Å²) in [4.78, 5) is 35.6. The quantitative estimate of drug-likeness (QED) is 0.233. The van der Waals surface area contributed by atoms with Crippen LogP contribution < -0.4 is 0 Å². The van der Waals surface area contributed by atoms with E-state index in [1.807, 2.05) is 0 Å². The first-order chi connectivity index (χ1) is 12.0. The van der Waals surface area contributed by atoms with Crippen molar-refractivity contribution in [1.82, 2.24) is 0 Å². The van der Waals surface area contributed by atoms with Crippen LogP contribution in [0.15, 0.2) is 11.6 Å². The van der Waals surface area contributed by atoms with Gasteiger partial charge in [0, 0.05) is 12.0 Å². The van der Waals surface area contributed by atoms with Crippen molar-refractivity contribution in [1.29, 1.82) is 0 Å². The van der Waals surface area contributed by atoms with Crippen molar-refractivity contribution >= 4 is 17.9 Å². The van der Waals surface area contributed by atoms with Crippen LogP contribution >= 0.6 is 0 Å². The normalized spacial score (nSPS) is 22.7. The molecule has 2 rings (SSSR count). The smallest absolute Gasteiger partial charge is 0.347 e. The molecule has 3 unspecified atom stereocenters. The average molecular weight is 356 g/mol. The molecule has 0 spiro atoms. The summed E-state index contributed by atoms with van der Waals surface area (Å²) in [7, 11) is 0. The van der Waals surface area contributed by atoms with E-state index in [0.717, 1.165) is 0 Å². The van der Waals surface area contributed by atoms with E-state index in [1.54, 1.807) is 19.9 Å². The first-order valence-electron chi connectivity index (χ1n) is 8.39. The van der Waals surface area contributed by atoms with Gasteiger partial charge in [-0.25, -0.2) is 9.59 Å². The average Bonchev–Trinajstić information content (AvgIpc) is 3.49. The first kappa shape index (κ1) is 19.4. The van der Waals surface area contributed by atoms with Crippen molar-refractivity contribution in [2.45, 2.75) is 51.4 Å². The van der Waals surface area contributed by atoms with E-state index < -0.39 is 18.0 Å². The monoisotopic (exact) mass is 356 g/mol. The molecule has 2 heterocycles. The highest BCUT2D eigenvalue weighted by Crippen LogP contribution is 2.14. The number of esters is 3. The molecule has 8 heteroatoms. The summed E-state index contributed by atoms with van der Waals surface area (Å²) in [5.74, 6) is -1.59. The summed E-state index contributed by atoms with van der Waals surface area (Å²) in [6.07, 6.45) is 1.13. The highest BCUT2D eigenvalue weighted by Gasteiger charge is 2.29. The number of carbonyl (C=O) groups is 3. The van der Waals surface area contributed by atoms with Crippen molar-refractivity contribution in [3.05, 3.63) is 11.6 Å². The molecule has 0 bridgehead atoms. The maximum atomic E-state index is 12.1. The second-order valence-corrected chi connectivity index (χ2v) is 5.98. The van der Waals surface area contributed by atoms with Crippen LogP contribution in [0.4, 0.5) is 0 Å². The molecule has 0 N–H and O–H groups in total. The van der Waals surface area contributed by atoms with Crippen molar-refractivity contribution in [2.75, 3.05) is 26.4 Å². The molecule has 2 aliphatic rings. The minimum absolute atomic E-state index is 0.0149. The Bertz CT molecular complexity index is 519. The zero-order chi connectivity index (χ0) is 18.2. The van der Waals surface area contributed by atoms with Crippen molar-refractivity contribution in [3.63, 3.8) is 0 Å². The number of hydrogen-bond donors (Lipinski definition) is 0. The number of ether oxygens (including phenoxy) is 5. The summed E-state index contributed by atoms with van der Waals surface area (Å²) in [6, 6.07) is 0. The molecule has 0 radical (unpaired) electrons. The minimum Gasteiger partial charge on any atom is -0.463 e. The van der Waals surface area contributed by atoms with Gasteiger partial charge < -0.3 is 23.7 Å². The molecule has 0 amide bonds. The van der Waals surface area contributed by atoms with E-state index in [0.29, 0.717) is 25.2 Å². The van der Waals surface area contributed by atoms with Gasteiger partial charge in [0.1, 0.15) is 25.4 Å². The van der Waals surface area contributed by atoms with Crippen LogP contribution in [0.5, 0.6) is 0 Å². The Kier molecular flexibility index (Phi) is 7.39. The molecule has 8 nitrogen and oxygen atoms in total. The van der Waals surface area contributed by atoms with Gasteiger partial charge in [0.2, 0.25) is 0 Å². The third-order valence-corrected chi connectivity index (χ3v) is 3.76. The van der Waals surface area contributed by atoms with Crippen LogP contribution in [0.3, 0.4) is 0 Å². The van der Waals surface area contributed by atoms with Gasteiger partial charge in [-0.05, 0) is 26.7 Å². The number of epoxide rings is 2. The van der Waals surface area contributed by atoms with Crippen LogP contribution in [0.25, 0.3) is 0 Å². The van der Waals surface area contributed by atoms with Gasteiger partial charge >= 0.3 is 17.9 Å². The predicted octanol–water partition coefficient (Wildman–Crippen LogP) is 0.919. The largest absolute Gasteiger partial charge is 0.463 e. The molecule has 0 aromatic heterocycles. The number of carbonyl (C=O) groups excluding carboxylic acids is 3. The summed E-state index contributed by atoms with van der Waals surface area (Å²) in [5.41, 5.74) is 0.396. The topological polar surface area (TPSA) is 104 Å². The van der Waals surface area contributed by atoms with Gasteiger partial charge in [0.25, 0.3) is 0 Å². The zero-order valence-electron chi connectivity index (χ0n) is 14.5. The Hall–Kier alpha value is -1.93. The lowest BCUT2D eigenvalue weighted by atomic mass is 10.1. The predicted molar refractivity (Wildman–Crippen MR) is 84.6 cm³/mol. The standard InChI is InChI=1S/C17H24O8/c1-3-11(2)16(19)25-14(17(20)24-10-13-8-22-13)5-4-6-15(18)23-9-12-7-21-12/h3,12-14H,4-10H2,1-2H3. The highest BCUT2D eigenvalue weighted by molar-refractivity contribution is 5.90. The van der Waals surface area contributed by atoms with E-state index in [1.165, 1.54) is 0 Å². The SMILES string of the molecule is CC=C(C)C(=O)OC(CCCC(=O)OCC1CO1)C(=O)OCC1CO1. The zero-order valence-corrected chi connectivity index (χ0v) is 14.5. The number of rotatable bonds is 11. The van der Waals surface area contributed by atoms with Crippen molar-refractivity contribution in [2.24, 2.45) is 0 Å². The molecule has 0 aliphatic carbocycles. The van der Waals surface area contributed by atoms with Crippen LogP contribution in [0, 0.1) is 0 Å². The van der Waals surface area contributed by atoms with Gasteiger partial charge in [-0.1, -0.05) is 6.08 Å². The Balaban J connectivity index is 1.75. The lowest BCUT2D eigenvalue weighted by Crippen LogP contribution is -2.30. The third kappa shape index (κ3) is 7.66. The maximum Gasteiger partial charge on any atom is 0.347 e. The van der Waals surface area contributed by atoms with Gasteiger partial charge in [-0.3, -0.25) is 4.79 Å². The van der Waals surface area contributed by atoms with Crippen LogP contribution in [0.2, 0.25) is 0 Å². The van der Waals surface area contributed by atoms with Crippen LogP contribution in [-0.4, -0.2) is 62.6 Å². The summed E-state index contributed by atoms with van der Waals surface area (Å²) in [6.45, 7) is 4.87. The van der Waals surface area contributed by atoms with E-state index in [9.17, 15) is 14.4 Å². The van der Waals surface area contributed by atoms with E-state index in [4.69, 9.17) is 23.7 Å². The summed E-state index contributed by atoms with van der Waals surface area (Å²) >= 11 is 0. The van der Waals surface area contributed by atoms with E-state index >= 15 is 0 Å². The number of hydrogen-bond acceptors (Lipinski definition) is 8. The third-order valence-electron chi connectivity index (χ3n) is 3.76. The summed E-state index contributed by atoms with van der Waals surface area (Å²) < 4.78 is 25.2. The lowest BCUT2D eigenvalue weighted by Gasteiger charge is -2.16. The molecular formula is C17H24O8. The van der Waals surface area contributed by atoms with Crippen LogP contribution in [0.1, 0.15) is 33.1 Å². The summed E-state index contributed by atoms with van der Waals surface area (Å²) in [5, 5.41) is 0. The fourth-order valence-corrected chi connectivity index (χ4v) is 1.85. The molecule has 2 fully saturated rings. The fraction of sp³-hybridized carbons (Fsp3) is 0.706. The van der Waals surface area contributed by atoms with Crippen LogP contribution in [-0.2, 0) is 38.1 Å². The molecule has 140 valence electrons. The molecule has 2 saturated heterocycles. The van der Waals surface area contributed by atoms with Gasteiger partial charge in [0.15, 0.2) is 6.10 Å². The molecule has 0 aromatic carbocycles. The van der Waals surface area contributed by atoms with Gasteiger partial charge in [-0.15, -0.1) is 0 Å². The second kappa shape index (κ2) is 9.53. The molecule has 25 heavy (non-hydrogen) atoms. The first-order valence-corrected chi connectivity index (χ1v) is 8.39. The van der Waals surface area contributed by atoms with Gasteiger partial charge in [-0.2, -0.15) is 0 Å². The number of allylic oxidation sites excluding steroid dienone is 1. The Morgan fingerprint density at radius 3 is 2.28 bits per heavy atom. The van der Waals surface area contributed by atoms with Crippen molar-refractivity contribution in [3.8, 4) is 0 Å². The van der Waals surface area contributed by atoms with Crippen molar-refractivity contribution < 1.29 is 38.1 Å². The Labute approximate surface area is 146 Å².